The van der Waals surface area contributed by atoms with Crippen molar-refractivity contribution < 1.29 is 9.53 Å². The third-order valence-corrected chi connectivity index (χ3v) is 4.99. The molecule has 0 aliphatic heterocycles. The van der Waals surface area contributed by atoms with E-state index in [2.05, 4.69) is 19.7 Å². The lowest BCUT2D eigenvalue weighted by Gasteiger charge is -2.25. The van der Waals surface area contributed by atoms with E-state index in [1.165, 1.54) is 38.1 Å². The predicted octanol–water partition coefficient (Wildman–Crippen LogP) is 3.11. The van der Waals surface area contributed by atoms with Crippen LogP contribution in [-0.4, -0.2) is 38.6 Å². The first-order valence-electron chi connectivity index (χ1n) is 7.84. The molecule has 0 spiro atoms. The standard InChI is InChI=1S/C16H20N4O2S/c1-22-14(21)11-23-16-19-18-15(12-6-5-9-17-10-12)20(16)13-7-3-2-4-8-13/h5-6,9-10,13H,2-4,7-8,11H2,1H3. The number of esters is 1. The summed E-state index contributed by atoms with van der Waals surface area (Å²) in [5, 5.41) is 9.46. The summed E-state index contributed by atoms with van der Waals surface area (Å²) in [6, 6.07) is 4.27. The van der Waals surface area contributed by atoms with Gasteiger partial charge in [-0.1, -0.05) is 31.0 Å². The molecule has 0 radical (unpaired) electrons. The second kappa shape index (κ2) is 7.59. The Kier molecular flexibility index (Phi) is 5.27. The lowest BCUT2D eigenvalue weighted by molar-refractivity contribution is -0.137. The molecule has 3 rings (SSSR count). The molecule has 2 aromatic heterocycles. The van der Waals surface area contributed by atoms with Crippen LogP contribution in [-0.2, 0) is 9.53 Å². The summed E-state index contributed by atoms with van der Waals surface area (Å²) in [6.45, 7) is 0. The number of rotatable bonds is 5. The molecular weight excluding hydrogens is 312 g/mol. The molecule has 0 bridgehead atoms. The average Bonchev–Trinajstić information content (AvgIpc) is 3.05. The second-order valence-corrected chi connectivity index (χ2v) is 6.52. The highest BCUT2D eigenvalue weighted by atomic mass is 32.2. The molecule has 0 unspecified atom stereocenters. The second-order valence-electron chi connectivity index (χ2n) is 5.57. The molecule has 1 aliphatic rings. The molecular formula is C16H20N4O2S. The summed E-state index contributed by atoms with van der Waals surface area (Å²) in [4.78, 5) is 15.6. The van der Waals surface area contributed by atoms with Crippen LogP contribution in [0.15, 0.2) is 29.7 Å². The van der Waals surface area contributed by atoms with E-state index in [4.69, 9.17) is 4.74 Å². The van der Waals surface area contributed by atoms with Gasteiger partial charge in [0, 0.05) is 24.0 Å². The zero-order chi connectivity index (χ0) is 16.1. The van der Waals surface area contributed by atoms with Gasteiger partial charge in [0.05, 0.1) is 12.9 Å². The van der Waals surface area contributed by atoms with Crippen molar-refractivity contribution in [2.75, 3.05) is 12.9 Å². The molecule has 2 heterocycles. The van der Waals surface area contributed by atoms with Gasteiger partial charge < -0.3 is 4.74 Å². The summed E-state index contributed by atoms with van der Waals surface area (Å²) in [5.74, 6) is 0.822. The number of thioether (sulfide) groups is 1. The van der Waals surface area contributed by atoms with Gasteiger partial charge in [0.1, 0.15) is 0 Å². The van der Waals surface area contributed by atoms with Crippen LogP contribution in [0.3, 0.4) is 0 Å². The smallest absolute Gasteiger partial charge is 0.316 e. The van der Waals surface area contributed by atoms with Crippen LogP contribution >= 0.6 is 11.8 Å². The number of methoxy groups -OCH3 is 1. The van der Waals surface area contributed by atoms with Crippen LogP contribution in [0.4, 0.5) is 0 Å². The van der Waals surface area contributed by atoms with Gasteiger partial charge in [-0.05, 0) is 25.0 Å². The molecule has 0 N–H and O–H groups in total. The molecule has 6 nitrogen and oxygen atoms in total. The maximum Gasteiger partial charge on any atom is 0.316 e. The van der Waals surface area contributed by atoms with E-state index < -0.39 is 0 Å². The maximum atomic E-state index is 11.4. The van der Waals surface area contributed by atoms with Crippen molar-refractivity contribution in [3.05, 3.63) is 24.5 Å². The largest absolute Gasteiger partial charge is 0.468 e. The quantitative estimate of drug-likeness (QED) is 0.619. The molecule has 1 saturated carbocycles. The van der Waals surface area contributed by atoms with E-state index in [1.54, 1.807) is 12.4 Å². The van der Waals surface area contributed by atoms with Crippen molar-refractivity contribution in [2.24, 2.45) is 0 Å². The highest BCUT2D eigenvalue weighted by Gasteiger charge is 2.24. The van der Waals surface area contributed by atoms with E-state index in [0.717, 1.165) is 29.4 Å². The molecule has 122 valence electrons. The van der Waals surface area contributed by atoms with Crippen LogP contribution in [0.5, 0.6) is 0 Å². The zero-order valence-electron chi connectivity index (χ0n) is 13.1. The van der Waals surface area contributed by atoms with Gasteiger partial charge in [0.2, 0.25) is 0 Å². The Morgan fingerprint density at radius 3 is 2.87 bits per heavy atom. The first-order valence-corrected chi connectivity index (χ1v) is 8.83. The number of ether oxygens (including phenoxy) is 1. The van der Waals surface area contributed by atoms with E-state index in [-0.39, 0.29) is 11.7 Å². The van der Waals surface area contributed by atoms with Crippen molar-refractivity contribution >= 4 is 17.7 Å². The SMILES string of the molecule is COC(=O)CSc1nnc(-c2cccnc2)n1C1CCCCC1. The van der Waals surface area contributed by atoms with Crippen molar-refractivity contribution in [3.63, 3.8) is 0 Å². The van der Waals surface area contributed by atoms with Crippen LogP contribution in [0, 0.1) is 0 Å². The maximum absolute atomic E-state index is 11.4. The molecule has 1 fully saturated rings. The fourth-order valence-electron chi connectivity index (χ4n) is 2.92. The van der Waals surface area contributed by atoms with Gasteiger partial charge in [-0.25, -0.2) is 0 Å². The Bertz CT molecular complexity index is 653. The minimum absolute atomic E-state index is 0.244. The third-order valence-electron chi connectivity index (χ3n) is 4.07. The zero-order valence-corrected chi connectivity index (χ0v) is 14.0. The van der Waals surface area contributed by atoms with Crippen LogP contribution in [0.1, 0.15) is 38.1 Å². The Morgan fingerprint density at radius 2 is 2.17 bits per heavy atom. The molecule has 0 saturated heterocycles. The predicted molar refractivity (Wildman–Crippen MR) is 88.1 cm³/mol. The normalized spacial score (nSPS) is 15.5. The molecule has 23 heavy (non-hydrogen) atoms. The van der Waals surface area contributed by atoms with E-state index >= 15 is 0 Å². The lowest BCUT2D eigenvalue weighted by atomic mass is 9.95. The van der Waals surface area contributed by atoms with Gasteiger partial charge in [0.25, 0.3) is 0 Å². The van der Waals surface area contributed by atoms with Crippen molar-refractivity contribution in [3.8, 4) is 11.4 Å². The first kappa shape index (κ1) is 16.0. The van der Waals surface area contributed by atoms with E-state index in [0.29, 0.717) is 6.04 Å². The molecule has 0 amide bonds. The van der Waals surface area contributed by atoms with Crippen molar-refractivity contribution in [2.45, 2.75) is 43.3 Å². The number of nitrogens with zero attached hydrogens (tertiary/aromatic N) is 4. The van der Waals surface area contributed by atoms with Crippen molar-refractivity contribution in [1.82, 2.24) is 19.7 Å². The van der Waals surface area contributed by atoms with Gasteiger partial charge in [0.15, 0.2) is 11.0 Å². The van der Waals surface area contributed by atoms with E-state index in [1.807, 2.05) is 12.1 Å². The van der Waals surface area contributed by atoms with Crippen LogP contribution < -0.4 is 0 Å². The van der Waals surface area contributed by atoms with Crippen molar-refractivity contribution in [1.29, 1.82) is 0 Å². The number of hydrogen-bond acceptors (Lipinski definition) is 6. The van der Waals surface area contributed by atoms with Gasteiger partial charge in [-0.15, -0.1) is 10.2 Å². The molecule has 0 aromatic carbocycles. The van der Waals surface area contributed by atoms with Gasteiger partial charge in [-0.3, -0.25) is 14.3 Å². The number of aromatic nitrogens is 4. The topological polar surface area (TPSA) is 69.9 Å². The average molecular weight is 332 g/mol. The summed E-state index contributed by atoms with van der Waals surface area (Å²) in [7, 11) is 1.40. The highest BCUT2D eigenvalue weighted by molar-refractivity contribution is 7.99. The third kappa shape index (κ3) is 3.72. The molecule has 1 aliphatic carbocycles. The van der Waals surface area contributed by atoms with Gasteiger partial charge >= 0.3 is 5.97 Å². The molecule has 0 atom stereocenters. The summed E-state index contributed by atoms with van der Waals surface area (Å²) < 4.78 is 6.91. The molecule has 2 aromatic rings. The fraction of sp³-hybridized carbons (Fsp3) is 0.500. The van der Waals surface area contributed by atoms with E-state index in [9.17, 15) is 4.79 Å². The lowest BCUT2D eigenvalue weighted by Crippen LogP contribution is -2.15. The summed E-state index contributed by atoms with van der Waals surface area (Å²) in [5.41, 5.74) is 0.954. The van der Waals surface area contributed by atoms with Crippen LogP contribution in [0.25, 0.3) is 11.4 Å². The Labute approximate surface area is 139 Å². The Morgan fingerprint density at radius 1 is 1.35 bits per heavy atom. The number of carbonyl (C=O) groups is 1. The highest BCUT2D eigenvalue weighted by Crippen LogP contribution is 2.35. The number of pyridine rings is 1. The van der Waals surface area contributed by atoms with Gasteiger partial charge in [-0.2, -0.15) is 0 Å². The summed E-state index contributed by atoms with van der Waals surface area (Å²) in [6.07, 6.45) is 9.52. The Balaban J connectivity index is 1.92. The number of carbonyl (C=O) groups excluding carboxylic acids is 1. The monoisotopic (exact) mass is 332 g/mol. The fourth-order valence-corrected chi connectivity index (χ4v) is 3.76. The molecule has 7 heteroatoms. The summed E-state index contributed by atoms with van der Waals surface area (Å²) >= 11 is 1.38. The number of hydrogen-bond donors (Lipinski definition) is 0. The minimum Gasteiger partial charge on any atom is -0.468 e. The van der Waals surface area contributed by atoms with Crippen LogP contribution in [0.2, 0.25) is 0 Å². The minimum atomic E-state index is -0.254. The first-order chi connectivity index (χ1) is 11.3. The Hall–Kier alpha value is -1.89.